The van der Waals surface area contributed by atoms with E-state index in [1.165, 1.54) is 25.9 Å². The van der Waals surface area contributed by atoms with E-state index >= 15 is 0 Å². The smallest absolute Gasteiger partial charge is 0.290 e. The maximum absolute atomic E-state index is 8.36. The molecule has 1 saturated heterocycles. The van der Waals surface area contributed by atoms with Crippen LogP contribution in [-0.2, 0) is 16.1 Å². The van der Waals surface area contributed by atoms with E-state index < -0.39 is 0 Å². The summed E-state index contributed by atoms with van der Waals surface area (Å²) in [6.45, 7) is 4.48. The fraction of sp³-hybridized carbons (Fsp3) is 0.364. The zero-order chi connectivity index (χ0) is 20.9. The molecule has 1 aliphatic rings. The van der Waals surface area contributed by atoms with Crippen LogP contribution >= 0.6 is 11.6 Å². The van der Waals surface area contributed by atoms with Gasteiger partial charge in [-0.1, -0.05) is 35.9 Å². The number of halogens is 1. The topological polar surface area (TPSA) is 85.7 Å². The lowest BCUT2D eigenvalue weighted by Gasteiger charge is -2.16. The average Bonchev–Trinajstić information content (AvgIpc) is 3.25. The normalized spacial score (nSPS) is 13.3. The summed E-state index contributed by atoms with van der Waals surface area (Å²) in [5, 5.41) is 19.3. The number of para-hydroxylation sites is 1. The van der Waals surface area contributed by atoms with E-state index in [0.717, 1.165) is 34.8 Å². The number of likely N-dealkylation sites (tertiary alicyclic amines) is 1. The first kappa shape index (κ1) is 22.7. The summed E-state index contributed by atoms with van der Waals surface area (Å²) in [6, 6.07) is 15.6. The molecule has 0 bridgehead atoms. The van der Waals surface area contributed by atoms with Crippen molar-refractivity contribution in [2.75, 3.05) is 31.6 Å². The molecule has 0 atom stereocenters. The van der Waals surface area contributed by atoms with Gasteiger partial charge in [0, 0.05) is 23.8 Å². The standard InChI is InChI=1S/C21H26ClN3O.CH2O2/c22-18-10-8-17(9-11-18)16-24-20-7-2-1-6-19(20)21(23)26-15-5-14-25-12-3-4-13-25;2-1-3/h1-2,6-11,23-24H,3-5,12-16H2;1H,(H,2,3). The lowest BCUT2D eigenvalue weighted by molar-refractivity contribution is -0.122. The van der Waals surface area contributed by atoms with Gasteiger partial charge in [0.25, 0.3) is 6.47 Å². The fourth-order valence-electron chi connectivity index (χ4n) is 3.18. The number of nitrogens with zero attached hydrogens (tertiary/aromatic N) is 1. The molecule has 0 unspecified atom stereocenters. The first-order chi connectivity index (χ1) is 14.1. The number of benzene rings is 2. The van der Waals surface area contributed by atoms with Gasteiger partial charge in [-0.25, -0.2) is 0 Å². The SMILES string of the molecule is N=C(OCCCN1CCCC1)c1ccccc1NCc1ccc(Cl)cc1.O=CO. The number of hydrogen-bond acceptors (Lipinski definition) is 5. The van der Waals surface area contributed by atoms with Gasteiger partial charge in [-0.05, 0) is 62.2 Å². The molecule has 0 aromatic heterocycles. The molecule has 0 aliphatic carbocycles. The molecule has 1 fully saturated rings. The molecule has 0 radical (unpaired) electrons. The number of carboxylic acid groups (broad SMARTS) is 1. The van der Waals surface area contributed by atoms with Crippen LogP contribution in [0.25, 0.3) is 0 Å². The molecule has 0 amide bonds. The number of carbonyl (C=O) groups is 1. The Bertz CT molecular complexity index is 762. The van der Waals surface area contributed by atoms with Gasteiger partial charge in [0.05, 0.1) is 12.2 Å². The van der Waals surface area contributed by atoms with E-state index in [4.69, 9.17) is 31.6 Å². The summed E-state index contributed by atoms with van der Waals surface area (Å²) in [6.07, 6.45) is 3.58. The van der Waals surface area contributed by atoms with Crippen molar-refractivity contribution in [3.8, 4) is 0 Å². The highest BCUT2D eigenvalue weighted by atomic mass is 35.5. The second kappa shape index (κ2) is 12.8. The Morgan fingerprint density at radius 3 is 2.52 bits per heavy atom. The number of rotatable bonds is 8. The maximum atomic E-state index is 8.36. The van der Waals surface area contributed by atoms with Gasteiger partial charge >= 0.3 is 0 Å². The number of anilines is 1. The number of nitrogens with one attached hydrogen (secondary N) is 2. The molecular weight excluding hydrogens is 390 g/mol. The van der Waals surface area contributed by atoms with Crippen molar-refractivity contribution in [3.63, 3.8) is 0 Å². The van der Waals surface area contributed by atoms with Crippen molar-refractivity contribution in [1.29, 1.82) is 5.41 Å². The van der Waals surface area contributed by atoms with Crippen LogP contribution in [0.2, 0.25) is 5.02 Å². The molecule has 3 N–H and O–H groups in total. The molecule has 6 nitrogen and oxygen atoms in total. The second-order valence-electron chi connectivity index (χ2n) is 6.71. The zero-order valence-electron chi connectivity index (χ0n) is 16.4. The highest BCUT2D eigenvalue weighted by Gasteiger charge is 2.12. The predicted molar refractivity (Wildman–Crippen MR) is 117 cm³/mol. The second-order valence-corrected chi connectivity index (χ2v) is 7.15. The van der Waals surface area contributed by atoms with Crippen molar-refractivity contribution in [2.45, 2.75) is 25.8 Å². The third-order valence-corrected chi connectivity index (χ3v) is 4.88. The lowest BCUT2D eigenvalue weighted by Crippen LogP contribution is -2.22. The Morgan fingerprint density at radius 1 is 1.17 bits per heavy atom. The molecule has 1 heterocycles. The van der Waals surface area contributed by atoms with Crippen molar-refractivity contribution < 1.29 is 14.6 Å². The lowest BCUT2D eigenvalue weighted by atomic mass is 10.1. The van der Waals surface area contributed by atoms with Crippen LogP contribution in [0.4, 0.5) is 5.69 Å². The summed E-state index contributed by atoms with van der Waals surface area (Å²) < 4.78 is 5.70. The minimum absolute atomic E-state index is 0.227. The molecule has 7 heteroatoms. The monoisotopic (exact) mass is 417 g/mol. The molecule has 0 saturated carbocycles. The number of ether oxygens (including phenoxy) is 1. The van der Waals surface area contributed by atoms with Crippen molar-refractivity contribution in [3.05, 3.63) is 64.7 Å². The van der Waals surface area contributed by atoms with Crippen LogP contribution in [0.3, 0.4) is 0 Å². The van der Waals surface area contributed by atoms with Crippen molar-refractivity contribution in [1.82, 2.24) is 4.90 Å². The van der Waals surface area contributed by atoms with Crippen molar-refractivity contribution in [2.24, 2.45) is 0 Å². The quantitative estimate of drug-likeness (QED) is 0.255. The van der Waals surface area contributed by atoms with Gasteiger partial charge in [-0.2, -0.15) is 0 Å². The van der Waals surface area contributed by atoms with E-state index in [0.29, 0.717) is 13.2 Å². The molecular formula is C22H28ClN3O3. The van der Waals surface area contributed by atoms with E-state index in [1.54, 1.807) is 0 Å². The molecule has 0 spiro atoms. The summed E-state index contributed by atoms with van der Waals surface area (Å²) in [5.74, 6) is 0.227. The summed E-state index contributed by atoms with van der Waals surface area (Å²) in [4.78, 5) is 10.8. The summed E-state index contributed by atoms with van der Waals surface area (Å²) in [5.41, 5.74) is 2.84. The average molecular weight is 418 g/mol. The van der Waals surface area contributed by atoms with Gasteiger partial charge in [0.1, 0.15) is 0 Å². The Morgan fingerprint density at radius 2 is 1.83 bits per heavy atom. The Balaban J connectivity index is 0.000000941. The minimum atomic E-state index is -0.250. The predicted octanol–water partition coefficient (Wildman–Crippen LogP) is 4.48. The first-order valence-corrected chi connectivity index (χ1v) is 10.1. The highest BCUT2D eigenvalue weighted by Crippen LogP contribution is 2.18. The molecule has 2 aromatic rings. The summed E-state index contributed by atoms with van der Waals surface area (Å²) in [7, 11) is 0. The number of hydrogen-bond donors (Lipinski definition) is 3. The van der Waals surface area contributed by atoms with E-state index in [-0.39, 0.29) is 12.4 Å². The minimum Gasteiger partial charge on any atom is -0.483 e. The Kier molecular flexibility index (Phi) is 10.0. The Hall–Kier alpha value is -2.57. The van der Waals surface area contributed by atoms with Gasteiger partial charge in [-0.15, -0.1) is 0 Å². The molecule has 2 aromatic carbocycles. The van der Waals surface area contributed by atoms with Crippen molar-refractivity contribution >= 4 is 29.7 Å². The molecule has 3 rings (SSSR count). The van der Waals surface area contributed by atoms with Crippen LogP contribution in [0.15, 0.2) is 48.5 Å². The van der Waals surface area contributed by atoms with Gasteiger partial charge in [-0.3, -0.25) is 10.2 Å². The third-order valence-electron chi connectivity index (χ3n) is 4.63. The van der Waals surface area contributed by atoms with E-state index in [2.05, 4.69) is 10.2 Å². The van der Waals surface area contributed by atoms with Crippen LogP contribution in [0.5, 0.6) is 0 Å². The van der Waals surface area contributed by atoms with E-state index in [1.807, 2.05) is 48.5 Å². The zero-order valence-corrected chi connectivity index (χ0v) is 17.2. The Labute approximate surface area is 177 Å². The molecule has 156 valence electrons. The fourth-order valence-corrected chi connectivity index (χ4v) is 3.31. The van der Waals surface area contributed by atoms with Gasteiger partial charge in [0.15, 0.2) is 0 Å². The third kappa shape index (κ3) is 8.13. The first-order valence-electron chi connectivity index (χ1n) is 9.73. The van der Waals surface area contributed by atoms with Gasteiger partial charge in [0.2, 0.25) is 5.90 Å². The molecule has 1 aliphatic heterocycles. The molecule has 29 heavy (non-hydrogen) atoms. The van der Waals surface area contributed by atoms with Crippen LogP contribution in [0, 0.1) is 5.41 Å². The van der Waals surface area contributed by atoms with Gasteiger partial charge < -0.3 is 20.1 Å². The van der Waals surface area contributed by atoms with Crippen LogP contribution in [0.1, 0.15) is 30.4 Å². The highest BCUT2D eigenvalue weighted by molar-refractivity contribution is 6.30. The van der Waals surface area contributed by atoms with Crippen LogP contribution in [-0.4, -0.2) is 48.6 Å². The largest absolute Gasteiger partial charge is 0.483 e. The maximum Gasteiger partial charge on any atom is 0.290 e. The van der Waals surface area contributed by atoms with E-state index in [9.17, 15) is 0 Å². The summed E-state index contributed by atoms with van der Waals surface area (Å²) >= 11 is 5.93. The van der Waals surface area contributed by atoms with Crippen LogP contribution < -0.4 is 5.32 Å².